The van der Waals surface area contributed by atoms with Gasteiger partial charge in [0.2, 0.25) is 5.91 Å². The lowest BCUT2D eigenvalue weighted by Crippen LogP contribution is -2.38. The summed E-state index contributed by atoms with van der Waals surface area (Å²) in [7, 11) is -4.18. The number of hydrogen-bond donors (Lipinski definition) is 1. The van der Waals surface area contributed by atoms with Crippen molar-refractivity contribution in [1.82, 2.24) is 4.90 Å². The third-order valence-electron chi connectivity index (χ3n) is 5.27. The SMILES string of the molecule is O=C(CN(c1ccccc1F)S(=O)(=O)c1cccs1)Nc1ccccc1C(=O)N1CCCC1. The number of amides is 2. The minimum absolute atomic E-state index is 0.0110. The highest BCUT2D eigenvalue weighted by Crippen LogP contribution is 2.29. The predicted molar refractivity (Wildman–Crippen MR) is 125 cm³/mol. The van der Waals surface area contributed by atoms with Crippen LogP contribution in [0, 0.1) is 5.82 Å². The van der Waals surface area contributed by atoms with Gasteiger partial charge in [-0.3, -0.25) is 13.9 Å². The van der Waals surface area contributed by atoms with E-state index in [0.717, 1.165) is 34.6 Å². The Kier molecular flexibility index (Phi) is 6.75. The minimum atomic E-state index is -4.18. The maximum Gasteiger partial charge on any atom is 0.274 e. The van der Waals surface area contributed by atoms with Gasteiger partial charge in [-0.2, -0.15) is 0 Å². The van der Waals surface area contributed by atoms with Gasteiger partial charge in [-0.25, -0.2) is 12.8 Å². The zero-order valence-corrected chi connectivity index (χ0v) is 19.2. The summed E-state index contributed by atoms with van der Waals surface area (Å²) in [5.74, 6) is -1.66. The quantitative estimate of drug-likeness (QED) is 0.547. The molecule has 33 heavy (non-hydrogen) atoms. The number of carbonyl (C=O) groups excluding carboxylic acids is 2. The van der Waals surface area contributed by atoms with Gasteiger partial charge in [-0.15, -0.1) is 11.3 Å². The molecule has 0 unspecified atom stereocenters. The summed E-state index contributed by atoms with van der Waals surface area (Å²) in [4.78, 5) is 27.6. The molecule has 172 valence electrons. The number of halogens is 1. The molecule has 0 atom stereocenters. The zero-order valence-electron chi connectivity index (χ0n) is 17.6. The van der Waals surface area contributed by atoms with Crippen molar-refractivity contribution in [2.75, 3.05) is 29.3 Å². The van der Waals surface area contributed by atoms with Crippen LogP contribution in [-0.2, 0) is 14.8 Å². The Morgan fingerprint density at radius 3 is 2.39 bits per heavy atom. The van der Waals surface area contributed by atoms with Crippen LogP contribution in [-0.4, -0.2) is 44.8 Å². The summed E-state index contributed by atoms with van der Waals surface area (Å²) in [6.07, 6.45) is 1.86. The van der Waals surface area contributed by atoms with Gasteiger partial charge in [-0.1, -0.05) is 30.3 Å². The molecule has 2 heterocycles. The fraction of sp³-hybridized carbons (Fsp3) is 0.217. The van der Waals surface area contributed by atoms with E-state index in [1.807, 2.05) is 0 Å². The molecule has 0 aliphatic carbocycles. The molecule has 0 radical (unpaired) electrons. The van der Waals surface area contributed by atoms with Gasteiger partial charge < -0.3 is 10.2 Å². The lowest BCUT2D eigenvalue weighted by molar-refractivity contribution is -0.114. The van der Waals surface area contributed by atoms with Crippen molar-refractivity contribution >= 4 is 44.5 Å². The van der Waals surface area contributed by atoms with E-state index >= 15 is 0 Å². The smallest absolute Gasteiger partial charge is 0.274 e. The van der Waals surface area contributed by atoms with Crippen molar-refractivity contribution in [3.63, 3.8) is 0 Å². The average molecular weight is 488 g/mol. The second-order valence-corrected chi connectivity index (χ2v) is 10.5. The van der Waals surface area contributed by atoms with Gasteiger partial charge in [0.15, 0.2) is 0 Å². The molecule has 0 spiro atoms. The number of hydrogen-bond acceptors (Lipinski definition) is 5. The minimum Gasteiger partial charge on any atom is -0.339 e. The molecule has 0 saturated carbocycles. The van der Waals surface area contributed by atoms with E-state index < -0.39 is 28.3 Å². The van der Waals surface area contributed by atoms with Gasteiger partial charge in [0.25, 0.3) is 15.9 Å². The highest BCUT2D eigenvalue weighted by Gasteiger charge is 2.30. The molecule has 2 amide bonds. The Morgan fingerprint density at radius 2 is 1.70 bits per heavy atom. The van der Waals surface area contributed by atoms with Crippen LogP contribution in [0.1, 0.15) is 23.2 Å². The lowest BCUT2D eigenvalue weighted by Gasteiger charge is -2.24. The number of thiophene rings is 1. The Labute approximate surface area is 195 Å². The molecule has 1 fully saturated rings. The van der Waals surface area contributed by atoms with Crippen LogP contribution in [0.2, 0.25) is 0 Å². The van der Waals surface area contributed by atoms with Gasteiger partial charge in [0.1, 0.15) is 16.6 Å². The number of anilines is 2. The normalized spacial score (nSPS) is 13.7. The number of sulfonamides is 1. The lowest BCUT2D eigenvalue weighted by atomic mass is 10.1. The molecule has 7 nitrogen and oxygen atoms in total. The summed E-state index contributed by atoms with van der Waals surface area (Å²) in [5.41, 5.74) is 0.371. The molecule has 3 aromatic rings. The van der Waals surface area contributed by atoms with Crippen molar-refractivity contribution in [2.45, 2.75) is 17.1 Å². The molecule has 2 aromatic carbocycles. The standard InChI is InChI=1S/C23H22FN3O4S2/c24-18-9-2-4-11-20(18)27(33(30,31)22-12-7-15-32-22)16-21(28)25-19-10-3-1-8-17(19)23(29)26-13-5-6-14-26/h1-4,7-12,15H,5-6,13-14,16H2,(H,25,28). The van der Waals surface area contributed by atoms with Gasteiger partial charge >= 0.3 is 0 Å². The van der Waals surface area contributed by atoms with Crippen LogP contribution in [0.25, 0.3) is 0 Å². The molecular weight excluding hydrogens is 465 g/mol. The van der Waals surface area contributed by atoms with E-state index in [2.05, 4.69) is 5.32 Å². The van der Waals surface area contributed by atoms with E-state index in [1.165, 1.54) is 24.3 Å². The van der Waals surface area contributed by atoms with Crippen molar-refractivity contribution in [3.05, 3.63) is 77.4 Å². The summed E-state index contributed by atoms with van der Waals surface area (Å²) < 4.78 is 41.7. The molecule has 0 bridgehead atoms. The fourth-order valence-electron chi connectivity index (χ4n) is 3.66. The highest BCUT2D eigenvalue weighted by molar-refractivity contribution is 7.94. The van der Waals surface area contributed by atoms with Gasteiger partial charge in [0.05, 0.1) is 16.9 Å². The van der Waals surface area contributed by atoms with Crippen LogP contribution >= 0.6 is 11.3 Å². The van der Waals surface area contributed by atoms with Gasteiger partial charge in [-0.05, 0) is 48.6 Å². The second-order valence-electron chi connectivity index (χ2n) is 7.49. The molecule has 1 N–H and O–H groups in total. The molecule has 1 aromatic heterocycles. The Morgan fingerprint density at radius 1 is 1.00 bits per heavy atom. The largest absolute Gasteiger partial charge is 0.339 e. The number of carbonyl (C=O) groups is 2. The van der Waals surface area contributed by atoms with Crippen LogP contribution in [0.15, 0.2) is 70.3 Å². The molecule has 1 aliphatic rings. The molecule has 1 saturated heterocycles. The van der Waals surface area contributed by atoms with E-state index in [1.54, 1.807) is 40.6 Å². The maximum absolute atomic E-state index is 14.5. The number of nitrogens with one attached hydrogen (secondary N) is 1. The van der Waals surface area contributed by atoms with Crippen LogP contribution in [0.5, 0.6) is 0 Å². The fourth-order valence-corrected chi connectivity index (χ4v) is 6.20. The number of para-hydroxylation sites is 2. The first kappa shape index (κ1) is 22.9. The van der Waals surface area contributed by atoms with Gasteiger partial charge in [0, 0.05) is 13.1 Å². The van der Waals surface area contributed by atoms with Crippen molar-refractivity contribution in [1.29, 1.82) is 0 Å². The van der Waals surface area contributed by atoms with Crippen molar-refractivity contribution < 1.29 is 22.4 Å². The molecule has 1 aliphatic heterocycles. The second kappa shape index (κ2) is 9.72. The predicted octanol–water partition coefficient (Wildman–Crippen LogP) is 3.96. The Hall–Kier alpha value is -3.24. The van der Waals surface area contributed by atoms with E-state index in [0.29, 0.717) is 18.7 Å². The number of nitrogens with zero attached hydrogens (tertiary/aromatic N) is 2. The van der Waals surface area contributed by atoms with E-state index in [-0.39, 0.29) is 21.5 Å². The number of rotatable bonds is 7. The summed E-state index contributed by atoms with van der Waals surface area (Å²) >= 11 is 0.976. The van der Waals surface area contributed by atoms with Crippen LogP contribution in [0.3, 0.4) is 0 Å². The summed E-state index contributed by atoms with van der Waals surface area (Å²) in [6, 6.07) is 14.9. The molecular formula is C23H22FN3O4S2. The van der Waals surface area contributed by atoms with Crippen molar-refractivity contribution in [3.8, 4) is 0 Å². The number of likely N-dealkylation sites (tertiary alicyclic amines) is 1. The van der Waals surface area contributed by atoms with E-state index in [4.69, 9.17) is 0 Å². The molecule has 10 heteroatoms. The Balaban J connectivity index is 1.62. The Bertz CT molecular complexity index is 1260. The van der Waals surface area contributed by atoms with Crippen molar-refractivity contribution in [2.24, 2.45) is 0 Å². The van der Waals surface area contributed by atoms with Crippen LogP contribution < -0.4 is 9.62 Å². The monoisotopic (exact) mass is 487 g/mol. The van der Waals surface area contributed by atoms with Crippen LogP contribution in [0.4, 0.5) is 15.8 Å². The first-order valence-corrected chi connectivity index (χ1v) is 12.7. The summed E-state index contributed by atoms with van der Waals surface area (Å²) in [6.45, 7) is 0.649. The topological polar surface area (TPSA) is 86.8 Å². The summed E-state index contributed by atoms with van der Waals surface area (Å²) in [5, 5.41) is 4.23. The third-order valence-corrected chi connectivity index (χ3v) is 8.41. The maximum atomic E-state index is 14.5. The third kappa shape index (κ3) is 4.91. The molecule has 4 rings (SSSR count). The van der Waals surface area contributed by atoms with E-state index in [9.17, 15) is 22.4 Å². The number of benzene rings is 2. The first-order valence-electron chi connectivity index (χ1n) is 10.4. The first-order chi connectivity index (χ1) is 15.9. The zero-order chi connectivity index (χ0) is 23.4. The average Bonchev–Trinajstić information content (AvgIpc) is 3.53. The highest BCUT2D eigenvalue weighted by atomic mass is 32.2.